The molecule has 4 aromatic rings. The number of benzene rings is 1. The zero-order chi connectivity index (χ0) is 20.2. The number of carbonyl (C=O) groups is 1. The summed E-state index contributed by atoms with van der Waals surface area (Å²) < 4.78 is 11.0. The van der Waals surface area contributed by atoms with E-state index in [1.165, 1.54) is 11.8 Å². The Hall–Kier alpha value is -2.61. The van der Waals surface area contributed by atoms with E-state index in [0.717, 1.165) is 5.69 Å². The normalized spacial score (nSPS) is 11.0. The van der Waals surface area contributed by atoms with Gasteiger partial charge in [-0.15, -0.1) is 0 Å². The molecule has 6 nitrogen and oxygen atoms in total. The number of imidazole rings is 1. The van der Waals surface area contributed by atoms with E-state index in [0.29, 0.717) is 43.9 Å². The number of aromatic amines is 1. The van der Waals surface area contributed by atoms with E-state index in [2.05, 4.69) is 15.3 Å². The van der Waals surface area contributed by atoms with Gasteiger partial charge in [0, 0.05) is 17.2 Å². The standard InChI is InChI=1S/C20H15Cl2N3O3S/c21-12-5-6-14(13(22)11-12)23-17(26)7-10-29-20-24-18(15-3-1-8-27-15)19(25-20)16-4-2-9-28-16/h1-6,8-9,11H,7,10H2,(H,23,26)(H,24,25). The fraction of sp³-hybridized carbons (Fsp3) is 0.100. The van der Waals surface area contributed by atoms with Gasteiger partial charge < -0.3 is 19.1 Å². The topological polar surface area (TPSA) is 84.1 Å². The third kappa shape index (κ3) is 4.70. The smallest absolute Gasteiger partial charge is 0.225 e. The van der Waals surface area contributed by atoms with Gasteiger partial charge in [0.1, 0.15) is 11.4 Å². The van der Waals surface area contributed by atoms with Gasteiger partial charge in [0.25, 0.3) is 0 Å². The summed E-state index contributed by atoms with van der Waals surface area (Å²) in [7, 11) is 0. The molecule has 1 amide bonds. The van der Waals surface area contributed by atoms with Gasteiger partial charge >= 0.3 is 0 Å². The molecular formula is C20H15Cl2N3O3S. The number of nitrogens with one attached hydrogen (secondary N) is 2. The van der Waals surface area contributed by atoms with Crippen LogP contribution in [0.2, 0.25) is 10.0 Å². The first-order valence-corrected chi connectivity index (χ1v) is 10.4. The van der Waals surface area contributed by atoms with E-state index in [1.807, 2.05) is 12.1 Å². The van der Waals surface area contributed by atoms with E-state index in [-0.39, 0.29) is 12.3 Å². The molecule has 2 N–H and O–H groups in total. The first kappa shape index (κ1) is 19.7. The number of amides is 1. The molecule has 4 rings (SSSR count). The molecule has 9 heteroatoms. The van der Waals surface area contributed by atoms with Gasteiger partial charge in [-0.3, -0.25) is 4.79 Å². The summed E-state index contributed by atoms with van der Waals surface area (Å²) in [5.41, 5.74) is 1.92. The maximum atomic E-state index is 12.2. The van der Waals surface area contributed by atoms with Gasteiger partial charge in [0.2, 0.25) is 5.91 Å². The van der Waals surface area contributed by atoms with Crippen molar-refractivity contribution >= 4 is 46.6 Å². The van der Waals surface area contributed by atoms with Crippen LogP contribution in [0.3, 0.4) is 0 Å². The van der Waals surface area contributed by atoms with Crippen molar-refractivity contribution in [1.29, 1.82) is 0 Å². The molecule has 0 spiro atoms. The zero-order valence-corrected chi connectivity index (χ0v) is 17.3. The number of hydrogen-bond acceptors (Lipinski definition) is 5. The quantitative estimate of drug-likeness (QED) is 0.322. The van der Waals surface area contributed by atoms with Crippen molar-refractivity contribution in [2.75, 3.05) is 11.1 Å². The number of nitrogens with zero attached hydrogens (tertiary/aromatic N) is 1. The Bertz CT molecular complexity index is 1060. The number of H-pyrrole nitrogens is 1. The van der Waals surface area contributed by atoms with E-state index >= 15 is 0 Å². The Kier molecular flexibility index (Phi) is 5.99. The molecule has 0 unspecified atom stereocenters. The average molecular weight is 448 g/mol. The number of carbonyl (C=O) groups excluding carboxylic acids is 1. The first-order chi connectivity index (χ1) is 14.1. The van der Waals surface area contributed by atoms with Crippen LogP contribution in [0.5, 0.6) is 0 Å². The number of halogens is 2. The largest absolute Gasteiger partial charge is 0.463 e. The molecule has 148 valence electrons. The molecule has 0 saturated heterocycles. The van der Waals surface area contributed by atoms with E-state index in [9.17, 15) is 4.79 Å². The number of hydrogen-bond donors (Lipinski definition) is 2. The number of aromatic nitrogens is 2. The third-order valence-electron chi connectivity index (χ3n) is 3.98. The zero-order valence-electron chi connectivity index (χ0n) is 14.9. The summed E-state index contributed by atoms with van der Waals surface area (Å²) in [6.07, 6.45) is 3.48. The van der Waals surface area contributed by atoms with Crippen LogP contribution in [0.4, 0.5) is 5.69 Å². The molecular weight excluding hydrogens is 433 g/mol. The summed E-state index contributed by atoms with van der Waals surface area (Å²) in [5.74, 6) is 1.67. The Morgan fingerprint density at radius 2 is 1.86 bits per heavy atom. The average Bonchev–Trinajstić information content (AvgIpc) is 3.45. The molecule has 0 atom stereocenters. The van der Waals surface area contributed by atoms with Crippen LogP contribution in [0.1, 0.15) is 6.42 Å². The molecule has 3 heterocycles. The second kappa shape index (κ2) is 8.82. The van der Waals surface area contributed by atoms with Crippen LogP contribution in [-0.2, 0) is 4.79 Å². The minimum absolute atomic E-state index is 0.147. The lowest BCUT2D eigenvalue weighted by molar-refractivity contribution is -0.115. The third-order valence-corrected chi connectivity index (χ3v) is 5.40. The number of rotatable bonds is 7. The lowest BCUT2D eigenvalue weighted by Crippen LogP contribution is -2.12. The van der Waals surface area contributed by atoms with Crippen molar-refractivity contribution in [2.45, 2.75) is 11.6 Å². The van der Waals surface area contributed by atoms with Crippen LogP contribution < -0.4 is 5.32 Å². The highest BCUT2D eigenvalue weighted by Crippen LogP contribution is 2.33. The van der Waals surface area contributed by atoms with Crippen molar-refractivity contribution in [2.24, 2.45) is 0 Å². The molecule has 3 aromatic heterocycles. The van der Waals surface area contributed by atoms with Crippen molar-refractivity contribution in [3.63, 3.8) is 0 Å². The van der Waals surface area contributed by atoms with E-state index in [4.69, 9.17) is 32.0 Å². The summed E-state index contributed by atoms with van der Waals surface area (Å²) >= 11 is 13.4. The highest BCUT2D eigenvalue weighted by molar-refractivity contribution is 7.99. The molecule has 0 bridgehead atoms. The summed E-state index contributed by atoms with van der Waals surface area (Å²) in [4.78, 5) is 20.1. The fourth-order valence-corrected chi connectivity index (χ4v) is 3.92. The minimum Gasteiger partial charge on any atom is -0.463 e. The second-order valence-electron chi connectivity index (χ2n) is 5.99. The second-order valence-corrected chi connectivity index (χ2v) is 7.92. The maximum absolute atomic E-state index is 12.2. The van der Waals surface area contributed by atoms with Crippen molar-refractivity contribution in [1.82, 2.24) is 9.97 Å². The Morgan fingerprint density at radius 1 is 1.10 bits per heavy atom. The predicted molar refractivity (Wildman–Crippen MR) is 114 cm³/mol. The van der Waals surface area contributed by atoms with Gasteiger partial charge in [-0.25, -0.2) is 4.98 Å². The lowest BCUT2D eigenvalue weighted by atomic mass is 10.2. The minimum atomic E-state index is -0.147. The molecule has 29 heavy (non-hydrogen) atoms. The molecule has 1 aromatic carbocycles. The number of anilines is 1. The van der Waals surface area contributed by atoms with Gasteiger partial charge in [0.05, 0.1) is 23.2 Å². The molecule has 0 radical (unpaired) electrons. The molecule has 0 fully saturated rings. The molecule has 0 aliphatic carbocycles. The number of furan rings is 2. The van der Waals surface area contributed by atoms with Crippen molar-refractivity contribution < 1.29 is 13.6 Å². The Morgan fingerprint density at radius 3 is 2.55 bits per heavy atom. The molecule has 0 saturated carbocycles. The highest BCUT2D eigenvalue weighted by atomic mass is 35.5. The van der Waals surface area contributed by atoms with Crippen LogP contribution in [-0.4, -0.2) is 21.6 Å². The Labute approximate surface area is 180 Å². The first-order valence-electron chi connectivity index (χ1n) is 8.65. The Balaban J connectivity index is 1.41. The van der Waals surface area contributed by atoms with Crippen molar-refractivity contribution in [3.8, 4) is 22.9 Å². The van der Waals surface area contributed by atoms with Gasteiger partial charge in [-0.05, 0) is 42.5 Å². The summed E-state index contributed by atoms with van der Waals surface area (Å²) in [5, 5.41) is 4.36. The number of thioether (sulfide) groups is 1. The van der Waals surface area contributed by atoms with E-state index < -0.39 is 0 Å². The van der Waals surface area contributed by atoms with Crippen molar-refractivity contribution in [3.05, 3.63) is 65.0 Å². The summed E-state index contributed by atoms with van der Waals surface area (Å²) in [6, 6.07) is 12.2. The van der Waals surface area contributed by atoms with Gasteiger partial charge in [0.15, 0.2) is 16.7 Å². The maximum Gasteiger partial charge on any atom is 0.225 e. The summed E-state index contributed by atoms with van der Waals surface area (Å²) in [6.45, 7) is 0. The van der Waals surface area contributed by atoms with Crippen LogP contribution >= 0.6 is 35.0 Å². The highest BCUT2D eigenvalue weighted by Gasteiger charge is 2.18. The van der Waals surface area contributed by atoms with Crippen LogP contribution in [0.25, 0.3) is 22.9 Å². The van der Waals surface area contributed by atoms with Gasteiger partial charge in [-0.2, -0.15) is 0 Å². The SMILES string of the molecule is O=C(CCSc1nc(-c2ccco2)c(-c2ccco2)[nH]1)Nc1ccc(Cl)cc1Cl. The monoisotopic (exact) mass is 447 g/mol. The van der Waals surface area contributed by atoms with E-state index in [1.54, 1.807) is 42.9 Å². The fourth-order valence-electron chi connectivity index (χ4n) is 2.65. The molecule has 0 aliphatic heterocycles. The lowest BCUT2D eigenvalue weighted by Gasteiger charge is -2.07. The van der Waals surface area contributed by atoms with Gasteiger partial charge in [-0.1, -0.05) is 35.0 Å². The predicted octanol–water partition coefficient (Wildman–Crippen LogP) is 6.36. The molecule has 0 aliphatic rings. The van der Waals surface area contributed by atoms with Crippen LogP contribution in [0.15, 0.2) is 69.0 Å². The van der Waals surface area contributed by atoms with Crippen LogP contribution in [0, 0.1) is 0 Å².